The lowest BCUT2D eigenvalue weighted by Gasteiger charge is -2.18. The molecule has 4 aromatic rings. The molecule has 5 nitrogen and oxygen atoms in total. The molecule has 2 aromatic heterocycles. The molecule has 34 heavy (non-hydrogen) atoms. The lowest BCUT2D eigenvalue weighted by molar-refractivity contribution is 0.0935. The summed E-state index contributed by atoms with van der Waals surface area (Å²) < 4.78 is 5.34. The molecule has 174 valence electrons. The van der Waals surface area contributed by atoms with Gasteiger partial charge in [-0.2, -0.15) is 0 Å². The molecule has 5 heteroatoms. The fourth-order valence-electron chi connectivity index (χ4n) is 5.00. The monoisotopic (exact) mass is 453 g/mol. The third-order valence-corrected chi connectivity index (χ3v) is 6.97. The first-order chi connectivity index (χ1) is 16.6. The first kappa shape index (κ1) is 22.3. The number of fused-ring (bicyclic) bond motifs is 1. The van der Waals surface area contributed by atoms with Crippen molar-refractivity contribution >= 4 is 16.8 Å². The van der Waals surface area contributed by atoms with E-state index in [0.717, 1.165) is 47.0 Å². The average Bonchev–Trinajstić information content (AvgIpc) is 3.12. The third-order valence-electron chi connectivity index (χ3n) is 6.97. The molecular formula is C29H31N3O2. The van der Waals surface area contributed by atoms with Gasteiger partial charge in [-0.05, 0) is 55.0 Å². The zero-order valence-corrected chi connectivity index (χ0v) is 19.9. The van der Waals surface area contributed by atoms with Gasteiger partial charge >= 0.3 is 0 Å². The fraction of sp³-hybridized carbons (Fsp3) is 0.345. The van der Waals surface area contributed by atoms with Crippen molar-refractivity contribution in [3.05, 3.63) is 83.1 Å². The summed E-state index contributed by atoms with van der Waals surface area (Å²) in [5.41, 5.74) is 6.84. The Morgan fingerprint density at radius 2 is 1.82 bits per heavy atom. The molecule has 1 fully saturated rings. The van der Waals surface area contributed by atoms with Crippen molar-refractivity contribution in [3.63, 3.8) is 0 Å². The molecule has 1 N–H and O–H groups in total. The Labute approximate surface area is 200 Å². The molecule has 0 atom stereocenters. The Morgan fingerprint density at radius 3 is 2.53 bits per heavy atom. The molecule has 0 saturated heterocycles. The average molecular weight is 454 g/mol. The van der Waals surface area contributed by atoms with Crippen molar-refractivity contribution in [2.45, 2.75) is 64.8 Å². The third kappa shape index (κ3) is 4.74. The number of aryl methyl sites for hydroxylation is 2. The molecular weight excluding hydrogens is 422 g/mol. The maximum atomic E-state index is 13.4. The molecule has 5 rings (SSSR count). The van der Waals surface area contributed by atoms with E-state index >= 15 is 0 Å². The molecule has 0 spiro atoms. The highest BCUT2D eigenvalue weighted by atomic mass is 16.3. The minimum absolute atomic E-state index is 0.00593. The topological polar surface area (TPSA) is 68.0 Å². The molecule has 0 aliphatic heterocycles. The van der Waals surface area contributed by atoms with Crippen LogP contribution in [0.4, 0.5) is 0 Å². The van der Waals surface area contributed by atoms with Gasteiger partial charge in [0.1, 0.15) is 12.0 Å². The summed E-state index contributed by atoms with van der Waals surface area (Å²) in [7, 11) is 0. The summed E-state index contributed by atoms with van der Waals surface area (Å²) in [5, 5.41) is 4.35. The number of rotatable bonds is 5. The molecule has 1 aliphatic rings. The van der Waals surface area contributed by atoms with Crippen molar-refractivity contribution in [1.29, 1.82) is 0 Å². The van der Waals surface area contributed by atoms with Crippen molar-refractivity contribution in [1.82, 2.24) is 15.3 Å². The standard InChI is InChI=1S/C29H31N3O2/c1-19-23(16-21-11-13-22(14-12-21)27-18-34-20(2)31-27)17-26(28-25(19)10-7-15-30-28)29(33)32-24-8-5-3-4-6-9-24/h7,10-15,17-18,24H,3-6,8-9,16H2,1-2H3,(H,32,33). The second-order valence-electron chi connectivity index (χ2n) is 9.40. The van der Waals surface area contributed by atoms with E-state index in [-0.39, 0.29) is 11.9 Å². The number of nitrogens with one attached hydrogen (secondary N) is 1. The Balaban J connectivity index is 1.44. The van der Waals surface area contributed by atoms with Crippen molar-refractivity contribution in [2.75, 3.05) is 0 Å². The SMILES string of the molecule is Cc1nc(-c2ccc(Cc3cc(C(=O)NC4CCCCCC4)c4ncccc4c3C)cc2)co1. The van der Waals surface area contributed by atoms with Crippen LogP contribution in [0, 0.1) is 13.8 Å². The highest BCUT2D eigenvalue weighted by molar-refractivity contribution is 6.06. The van der Waals surface area contributed by atoms with Crippen molar-refractivity contribution in [2.24, 2.45) is 0 Å². The van der Waals surface area contributed by atoms with Crippen LogP contribution in [-0.4, -0.2) is 21.9 Å². The minimum Gasteiger partial charge on any atom is -0.449 e. The molecule has 2 heterocycles. The second kappa shape index (κ2) is 9.80. The first-order valence-electron chi connectivity index (χ1n) is 12.3. The Hall–Kier alpha value is -3.47. The first-order valence-corrected chi connectivity index (χ1v) is 12.3. The normalized spacial score (nSPS) is 14.8. The van der Waals surface area contributed by atoms with Crippen molar-refractivity contribution in [3.8, 4) is 11.3 Å². The Morgan fingerprint density at radius 1 is 1.06 bits per heavy atom. The largest absolute Gasteiger partial charge is 0.449 e. The van der Waals surface area contributed by atoms with E-state index in [4.69, 9.17) is 4.42 Å². The van der Waals surface area contributed by atoms with Crippen LogP contribution in [0.3, 0.4) is 0 Å². The van der Waals surface area contributed by atoms with E-state index < -0.39 is 0 Å². The summed E-state index contributed by atoms with van der Waals surface area (Å²) >= 11 is 0. The quantitative estimate of drug-likeness (QED) is 0.348. The Bertz CT molecular complexity index is 1300. The molecule has 0 unspecified atom stereocenters. The fourth-order valence-corrected chi connectivity index (χ4v) is 5.00. The van der Waals surface area contributed by atoms with Crippen LogP contribution in [0.15, 0.2) is 59.3 Å². The van der Waals surface area contributed by atoms with E-state index in [1.54, 1.807) is 12.5 Å². The number of amides is 1. The number of carbonyl (C=O) groups is 1. The summed E-state index contributed by atoms with van der Waals surface area (Å²) in [4.78, 5) is 22.4. The number of oxazole rings is 1. The number of hydrogen-bond acceptors (Lipinski definition) is 4. The van der Waals surface area contributed by atoms with Crippen LogP contribution in [-0.2, 0) is 6.42 Å². The van der Waals surface area contributed by atoms with Gasteiger partial charge in [-0.1, -0.05) is 56.0 Å². The number of hydrogen-bond donors (Lipinski definition) is 1. The maximum absolute atomic E-state index is 13.4. The van der Waals surface area contributed by atoms with E-state index in [2.05, 4.69) is 52.5 Å². The maximum Gasteiger partial charge on any atom is 0.253 e. The van der Waals surface area contributed by atoms with Crippen molar-refractivity contribution < 1.29 is 9.21 Å². The number of carbonyl (C=O) groups excluding carboxylic acids is 1. The van der Waals surface area contributed by atoms with E-state index in [0.29, 0.717) is 11.5 Å². The summed E-state index contributed by atoms with van der Waals surface area (Å²) in [6, 6.07) is 14.7. The van der Waals surface area contributed by atoms with E-state index in [1.807, 2.05) is 19.1 Å². The minimum atomic E-state index is -0.00593. The summed E-state index contributed by atoms with van der Waals surface area (Å²) in [6.45, 7) is 3.97. The van der Waals surface area contributed by atoms with Gasteiger partial charge in [0, 0.05) is 30.1 Å². The van der Waals surface area contributed by atoms with Crippen LogP contribution in [0.5, 0.6) is 0 Å². The zero-order valence-electron chi connectivity index (χ0n) is 19.9. The van der Waals surface area contributed by atoms with Crippen LogP contribution >= 0.6 is 0 Å². The lowest BCUT2D eigenvalue weighted by Crippen LogP contribution is -2.34. The number of pyridine rings is 1. The lowest BCUT2D eigenvalue weighted by atomic mass is 9.93. The molecule has 1 amide bonds. The predicted molar refractivity (Wildman–Crippen MR) is 135 cm³/mol. The van der Waals surface area contributed by atoms with Gasteiger partial charge < -0.3 is 9.73 Å². The van der Waals surface area contributed by atoms with Gasteiger partial charge in [0.15, 0.2) is 5.89 Å². The van der Waals surface area contributed by atoms with Gasteiger partial charge in [0.2, 0.25) is 0 Å². The number of nitrogens with zero attached hydrogens (tertiary/aromatic N) is 2. The van der Waals surface area contributed by atoms with Crippen LogP contribution in [0.25, 0.3) is 22.2 Å². The smallest absolute Gasteiger partial charge is 0.253 e. The van der Waals surface area contributed by atoms with Gasteiger partial charge in [0.05, 0.1) is 11.1 Å². The zero-order chi connectivity index (χ0) is 23.5. The van der Waals surface area contributed by atoms with E-state index in [1.165, 1.54) is 36.8 Å². The van der Waals surface area contributed by atoms with Crippen LogP contribution in [0.1, 0.15) is 71.5 Å². The summed E-state index contributed by atoms with van der Waals surface area (Å²) in [6.07, 6.45) is 11.2. The molecule has 1 aliphatic carbocycles. The van der Waals surface area contributed by atoms with Crippen LogP contribution < -0.4 is 5.32 Å². The van der Waals surface area contributed by atoms with Gasteiger partial charge in [0.25, 0.3) is 5.91 Å². The number of aromatic nitrogens is 2. The summed E-state index contributed by atoms with van der Waals surface area (Å²) in [5.74, 6) is 0.655. The molecule has 2 aromatic carbocycles. The molecule has 1 saturated carbocycles. The Kier molecular flexibility index (Phi) is 6.43. The van der Waals surface area contributed by atoms with Gasteiger partial charge in [-0.25, -0.2) is 4.98 Å². The number of benzene rings is 2. The van der Waals surface area contributed by atoms with Gasteiger partial charge in [-0.15, -0.1) is 0 Å². The van der Waals surface area contributed by atoms with Crippen LogP contribution in [0.2, 0.25) is 0 Å². The van der Waals surface area contributed by atoms with Gasteiger partial charge in [-0.3, -0.25) is 9.78 Å². The highest BCUT2D eigenvalue weighted by Crippen LogP contribution is 2.28. The van der Waals surface area contributed by atoms with E-state index in [9.17, 15) is 4.79 Å². The highest BCUT2D eigenvalue weighted by Gasteiger charge is 2.20. The predicted octanol–water partition coefficient (Wildman–Crippen LogP) is 6.55. The molecule has 0 radical (unpaired) electrons. The second-order valence-corrected chi connectivity index (χ2v) is 9.40. The molecule has 0 bridgehead atoms.